The number of hydrogen-bond donors (Lipinski definition) is 1. The van der Waals surface area contributed by atoms with E-state index in [0.29, 0.717) is 35.3 Å². The number of hydrogen-bond acceptors (Lipinski definition) is 5. The smallest absolute Gasteiger partial charge is 0.336 e. The lowest BCUT2D eigenvalue weighted by Crippen LogP contribution is -2.58. The summed E-state index contributed by atoms with van der Waals surface area (Å²) in [6.07, 6.45) is 4.91. The number of ether oxygens (including phenoxy) is 1. The molecule has 6 rings (SSSR count). The molecular formula is C25H30O5. The highest BCUT2D eigenvalue weighted by Gasteiger charge is 2.60. The summed E-state index contributed by atoms with van der Waals surface area (Å²) in [4.78, 5) is 25.3. The molecular weight excluding hydrogens is 380 g/mol. The average Bonchev–Trinajstić information content (AvgIpc) is 2.62. The minimum Gasteiger partial charge on any atom is -0.460 e. The molecule has 30 heavy (non-hydrogen) atoms. The van der Waals surface area contributed by atoms with E-state index in [2.05, 4.69) is 19.9 Å². The zero-order valence-corrected chi connectivity index (χ0v) is 18.0. The predicted octanol–water partition coefficient (Wildman–Crippen LogP) is 4.60. The van der Waals surface area contributed by atoms with Crippen LogP contribution in [0, 0.1) is 24.2 Å². The van der Waals surface area contributed by atoms with Crippen molar-refractivity contribution in [3.63, 3.8) is 0 Å². The lowest BCUT2D eigenvalue weighted by molar-refractivity contribution is -0.197. The summed E-state index contributed by atoms with van der Waals surface area (Å²) >= 11 is 0. The van der Waals surface area contributed by atoms with Gasteiger partial charge in [-0.1, -0.05) is 13.8 Å². The maximum absolute atomic E-state index is 13.2. The van der Waals surface area contributed by atoms with Crippen molar-refractivity contribution in [2.24, 2.45) is 17.3 Å². The van der Waals surface area contributed by atoms with Gasteiger partial charge in [0.2, 0.25) is 0 Å². The molecule has 4 aliphatic rings. The predicted molar refractivity (Wildman–Crippen MR) is 113 cm³/mol. The van der Waals surface area contributed by atoms with Crippen LogP contribution in [0.1, 0.15) is 75.0 Å². The van der Waals surface area contributed by atoms with Crippen LogP contribution in [0.25, 0.3) is 11.0 Å². The number of rotatable bonds is 4. The van der Waals surface area contributed by atoms with Gasteiger partial charge in [0.25, 0.3) is 0 Å². The third kappa shape index (κ3) is 3.18. The van der Waals surface area contributed by atoms with Gasteiger partial charge in [0.1, 0.15) is 12.2 Å². The number of aliphatic hydroxyl groups is 1. The van der Waals surface area contributed by atoms with E-state index in [0.717, 1.165) is 43.1 Å². The van der Waals surface area contributed by atoms with Gasteiger partial charge < -0.3 is 14.3 Å². The molecule has 4 saturated carbocycles. The Labute approximate surface area is 176 Å². The third-order valence-corrected chi connectivity index (χ3v) is 7.66. The van der Waals surface area contributed by atoms with E-state index in [1.165, 1.54) is 11.6 Å². The Morgan fingerprint density at radius 2 is 1.90 bits per heavy atom. The van der Waals surface area contributed by atoms with E-state index < -0.39 is 16.6 Å². The number of aryl methyl sites for hydroxylation is 1. The Kier molecular flexibility index (Phi) is 4.41. The highest BCUT2D eigenvalue weighted by atomic mass is 16.5. The van der Waals surface area contributed by atoms with Gasteiger partial charge in [-0.25, -0.2) is 4.79 Å². The molecule has 0 radical (unpaired) electrons. The Hall–Kier alpha value is -2.14. The van der Waals surface area contributed by atoms with E-state index in [-0.39, 0.29) is 12.6 Å². The second-order valence-corrected chi connectivity index (χ2v) is 10.5. The molecule has 5 nitrogen and oxygen atoms in total. The zero-order valence-electron chi connectivity index (χ0n) is 18.0. The number of carbonyl (C=O) groups is 1. The van der Waals surface area contributed by atoms with Crippen LogP contribution in [0.3, 0.4) is 0 Å². The summed E-state index contributed by atoms with van der Waals surface area (Å²) in [6, 6.07) is 5.38. The molecule has 160 valence electrons. The Bertz CT molecular complexity index is 1060. The van der Waals surface area contributed by atoms with Gasteiger partial charge in [-0.3, -0.25) is 4.79 Å². The van der Waals surface area contributed by atoms with Crippen molar-refractivity contribution in [3.05, 3.63) is 45.3 Å². The number of esters is 1. The summed E-state index contributed by atoms with van der Waals surface area (Å²) in [6.45, 7) is 6.33. The lowest BCUT2D eigenvalue weighted by atomic mass is 9.48. The maximum atomic E-state index is 13.2. The number of carbonyl (C=O) groups excluding carboxylic acids is 1. The maximum Gasteiger partial charge on any atom is 0.336 e. The van der Waals surface area contributed by atoms with Crippen molar-refractivity contribution in [2.45, 2.75) is 77.4 Å². The molecule has 4 aliphatic carbocycles. The SMILES string of the molecule is Cc1cc2oc(=O)cc(COC(=O)C34CC5CC(CC(O)(C5)C3)C4)c2cc1C(C)C. The van der Waals surface area contributed by atoms with Gasteiger partial charge in [-0.05, 0) is 86.5 Å². The first-order chi connectivity index (χ1) is 14.2. The van der Waals surface area contributed by atoms with Crippen LogP contribution in [0.4, 0.5) is 0 Å². The van der Waals surface area contributed by atoms with E-state index in [4.69, 9.17) is 9.15 Å². The van der Waals surface area contributed by atoms with Gasteiger partial charge in [0.15, 0.2) is 0 Å². The fourth-order valence-electron chi connectivity index (χ4n) is 6.88. The third-order valence-electron chi connectivity index (χ3n) is 7.66. The fourth-order valence-corrected chi connectivity index (χ4v) is 6.88. The van der Waals surface area contributed by atoms with Crippen molar-refractivity contribution in [2.75, 3.05) is 0 Å². The lowest BCUT2D eigenvalue weighted by Gasteiger charge is -2.58. The van der Waals surface area contributed by atoms with Gasteiger partial charge in [-0.2, -0.15) is 0 Å². The summed E-state index contributed by atoms with van der Waals surface area (Å²) in [5.74, 6) is 0.965. The van der Waals surface area contributed by atoms with Crippen LogP contribution in [0.15, 0.2) is 27.4 Å². The molecule has 1 aromatic carbocycles. The molecule has 1 aromatic heterocycles. The Morgan fingerprint density at radius 1 is 1.20 bits per heavy atom. The normalized spacial score (nSPS) is 32.2. The van der Waals surface area contributed by atoms with Crippen molar-refractivity contribution in [1.29, 1.82) is 0 Å². The summed E-state index contributed by atoms with van der Waals surface area (Å²) in [5.41, 5.74) is 1.78. The summed E-state index contributed by atoms with van der Waals surface area (Å²) in [5, 5.41) is 11.7. The fraction of sp³-hybridized carbons (Fsp3) is 0.600. The van der Waals surface area contributed by atoms with Crippen LogP contribution < -0.4 is 5.63 Å². The highest BCUT2D eigenvalue weighted by Crippen LogP contribution is 2.62. The zero-order chi connectivity index (χ0) is 21.3. The molecule has 0 amide bonds. The molecule has 0 saturated heterocycles. The molecule has 5 heteroatoms. The van der Waals surface area contributed by atoms with Crippen molar-refractivity contribution >= 4 is 16.9 Å². The quantitative estimate of drug-likeness (QED) is 0.589. The minimum absolute atomic E-state index is 0.0526. The Balaban J connectivity index is 1.43. The second-order valence-electron chi connectivity index (χ2n) is 10.5. The molecule has 2 atom stereocenters. The summed E-state index contributed by atoms with van der Waals surface area (Å²) in [7, 11) is 0. The largest absolute Gasteiger partial charge is 0.460 e. The standard InChI is InChI=1S/C25H30O5/c1-14(2)19-7-20-18(6-22(26)30-21(20)4-15(19)3)12-29-23(27)24-8-16-5-17(9-24)11-25(28,10-16)13-24/h4,6-7,14,16-17,28H,5,8-13H2,1-3H3. The molecule has 0 spiro atoms. The average molecular weight is 411 g/mol. The van der Waals surface area contributed by atoms with E-state index in [1.807, 2.05) is 13.0 Å². The van der Waals surface area contributed by atoms with Crippen LogP contribution in [-0.4, -0.2) is 16.7 Å². The van der Waals surface area contributed by atoms with Crippen LogP contribution in [0.2, 0.25) is 0 Å². The van der Waals surface area contributed by atoms with E-state index in [1.54, 1.807) is 0 Å². The van der Waals surface area contributed by atoms with Crippen LogP contribution >= 0.6 is 0 Å². The van der Waals surface area contributed by atoms with Gasteiger partial charge in [0.05, 0.1) is 11.0 Å². The first-order valence-corrected chi connectivity index (χ1v) is 11.1. The van der Waals surface area contributed by atoms with Gasteiger partial charge in [0, 0.05) is 17.0 Å². The molecule has 4 bridgehead atoms. The second kappa shape index (κ2) is 6.68. The van der Waals surface area contributed by atoms with Crippen LogP contribution in [0.5, 0.6) is 0 Å². The minimum atomic E-state index is -0.701. The Morgan fingerprint density at radius 3 is 2.53 bits per heavy atom. The molecule has 2 aromatic rings. The number of benzene rings is 1. The van der Waals surface area contributed by atoms with Crippen molar-refractivity contribution in [1.82, 2.24) is 0 Å². The van der Waals surface area contributed by atoms with Gasteiger partial charge >= 0.3 is 11.6 Å². The molecule has 1 N–H and O–H groups in total. The summed E-state index contributed by atoms with van der Waals surface area (Å²) < 4.78 is 11.2. The molecule has 2 unspecified atom stereocenters. The molecule has 4 fully saturated rings. The van der Waals surface area contributed by atoms with E-state index >= 15 is 0 Å². The first kappa shape index (κ1) is 19.8. The topological polar surface area (TPSA) is 76.7 Å². The van der Waals surface area contributed by atoms with E-state index in [9.17, 15) is 14.7 Å². The van der Waals surface area contributed by atoms with Crippen molar-refractivity contribution in [3.8, 4) is 0 Å². The molecule has 1 heterocycles. The first-order valence-electron chi connectivity index (χ1n) is 11.1. The van der Waals surface area contributed by atoms with Crippen molar-refractivity contribution < 1.29 is 19.1 Å². The van der Waals surface area contributed by atoms with Crippen LogP contribution in [-0.2, 0) is 16.1 Å². The number of fused-ring (bicyclic) bond motifs is 1. The molecule has 0 aliphatic heterocycles. The monoisotopic (exact) mass is 410 g/mol. The highest BCUT2D eigenvalue weighted by molar-refractivity contribution is 5.83. The van der Waals surface area contributed by atoms with Gasteiger partial charge in [-0.15, -0.1) is 0 Å².